The maximum Gasteiger partial charge on any atom is 0.251 e. The maximum absolute atomic E-state index is 12.2. The number of carbonyl (C=O) groups excluding carboxylic acids is 1. The van der Waals surface area contributed by atoms with Crippen LogP contribution in [0.3, 0.4) is 0 Å². The van der Waals surface area contributed by atoms with E-state index in [0.29, 0.717) is 5.16 Å². The highest BCUT2D eigenvalue weighted by molar-refractivity contribution is 7.99. The number of H-pyrrole nitrogens is 1. The third-order valence-electron chi connectivity index (χ3n) is 3.07. The molecule has 0 atom stereocenters. The first-order valence-electron chi connectivity index (χ1n) is 8.05. The van der Waals surface area contributed by atoms with Crippen molar-refractivity contribution in [2.45, 2.75) is 71.5 Å². The predicted octanol–water partition coefficient (Wildman–Crippen LogP) is 3.15. The third kappa shape index (κ3) is 8.21. The zero-order valence-electron chi connectivity index (χ0n) is 15.1. The summed E-state index contributed by atoms with van der Waals surface area (Å²) in [6, 6.07) is 1.51. The number of carbonyl (C=O) groups is 1. The SMILES string of the molecule is CCCc1cc(=O)[nH]c(SCC(=O)NC(C)(C)CC(C)(C)C)n1. The molecule has 1 heterocycles. The number of nitrogens with zero attached hydrogens (tertiary/aromatic N) is 1. The number of thioether (sulfide) groups is 1. The van der Waals surface area contributed by atoms with Gasteiger partial charge in [0.05, 0.1) is 5.75 Å². The summed E-state index contributed by atoms with van der Waals surface area (Å²) in [5.41, 5.74) is 0.484. The Morgan fingerprint density at radius 2 is 1.96 bits per heavy atom. The summed E-state index contributed by atoms with van der Waals surface area (Å²) in [5, 5.41) is 3.56. The lowest BCUT2D eigenvalue weighted by molar-refractivity contribution is -0.120. The van der Waals surface area contributed by atoms with Gasteiger partial charge in [0.15, 0.2) is 5.16 Å². The van der Waals surface area contributed by atoms with Gasteiger partial charge in [0.2, 0.25) is 5.91 Å². The molecule has 0 aliphatic carbocycles. The van der Waals surface area contributed by atoms with Gasteiger partial charge in [-0.25, -0.2) is 4.98 Å². The van der Waals surface area contributed by atoms with Crippen molar-refractivity contribution >= 4 is 17.7 Å². The fraction of sp³-hybridized carbons (Fsp3) is 0.706. The quantitative estimate of drug-likeness (QED) is 0.591. The highest BCUT2D eigenvalue weighted by Gasteiger charge is 2.26. The van der Waals surface area contributed by atoms with Crippen molar-refractivity contribution in [3.8, 4) is 0 Å². The van der Waals surface area contributed by atoms with E-state index in [1.165, 1.54) is 17.8 Å². The van der Waals surface area contributed by atoms with E-state index in [4.69, 9.17) is 0 Å². The molecule has 130 valence electrons. The van der Waals surface area contributed by atoms with E-state index >= 15 is 0 Å². The van der Waals surface area contributed by atoms with Crippen LogP contribution in [0.5, 0.6) is 0 Å². The molecule has 1 amide bonds. The number of hydrogen-bond donors (Lipinski definition) is 2. The number of hydrogen-bond acceptors (Lipinski definition) is 4. The van der Waals surface area contributed by atoms with Crippen molar-refractivity contribution in [2.75, 3.05) is 5.75 Å². The van der Waals surface area contributed by atoms with Gasteiger partial charge in [0.25, 0.3) is 5.56 Å². The summed E-state index contributed by atoms with van der Waals surface area (Å²) in [7, 11) is 0. The molecule has 1 aromatic heterocycles. The number of aromatic amines is 1. The second kappa shape index (κ2) is 7.99. The van der Waals surface area contributed by atoms with Crippen molar-refractivity contribution in [1.82, 2.24) is 15.3 Å². The topological polar surface area (TPSA) is 74.8 Å². The van der Waals surface area contributed by atoms with Crippen LogP contribution in [-0.4, -0.2) is 27.2 Å². The van der Waals surface area contributed by atoms with E-state index in [9.17, 15) is 9.59 Å². The molecule has 1 aromatic rings. The lowest BCUT2D eigenvalue weighted by atomic mass is 9.82. The molecular weight excluding hydrogens is 310 g/mol. The monoisotopic (exact) mass is 339 g/mol. The van der Waals surface area contributed by atoms with Gasteiger partial charge >= 0.3 is 0 Å². The first-order chi connectivity index (χ1) is 10.5. The van der Waals surface area contributed by atoms with Gasteiger partial charge in [0, 0.05) is 17.3 Å². The van der Waals surface area contributed by atoms with Gasteiger partial charge in [-0.1, -0.05) is 45.9 Å². The van der Waals surface area contributed by atoms with Gasteiger partial charge in [-0.2, -0.15) is 0 Å². The van der Waals surface area contributed by atoms with Crippen molar-refractivity contribution in [3.05, 3.63) is 22.1 Å². The molecule has 2 N–H and O–H groups in total. The van der Waals surface area contributed by atoms with Crippen LogP contribution in [0.4, 0.5) is 0 Å². The summed E-state index contributed by atoms with van der Waals surface area (Å²) in [6.07, 6.45) is 2.59. The number of amides is 1. The second-order valence-electron chi connectivity index (χ2n) is 7.75. The summed E-state index contributed by atoms with van der Waals surface area (Å²) in [4.78, 5) is 30.8. The fourth-order valence-electron chi connectivity index (χ4n) is 2.85. The minimum atomic E-state index is -0.263. The zero-order chi connectivity index (χ0) is 17.7. The number of aromatic nitrogens is 2. The van der Waals surface area contributed by atoms with Gasteiger partial charge in [-0.15, -0.1) is 0 Å². The Morgan fingerprint density at radius 1 is 1.30 bits per heavy atom. The second-order valence-corrected chi connectivity index (χ2v) is 8.71. The minimum absolute atomic E-state index is 0.0483. The molecule has 0 saturated heterocycles. The number of nitrogens with one attached hydrogen (secondary N) is 2. The van der Waals surface area contributed by atoms with E-state index in [2.05, 4.69) is 36.1 Å². The molecular formula is C17H29N3O2S. The van der Waals surface area contributed by atoms with Crippen LogP contribution in [0.2, 0.25) is 0 Å². The summed E-state index contributed by atoms with van der Waals surface area (Å²) in [5.74, 6) is 0.194. The predicted molar refractivity (Wildman–Crippen MR) is 95.9 cm³/mol. The Morgan fingerprint density at radius 3 is 2.52 bits per heavy atom. The highest BCUT2D eigenvalue weighted by Crippen LogP contribution is 2.26. The van der Waals surface area contributed by atoms with Crippen molar-refractivity contribution in [2.24, 2.45) is 5.41 Å². The molecule has 6 heteroatoms. The molecule has 0 fully saturated rings. The Labute approximate surface area is 143 Å². The molecule has 0 bridgehead atoms. The molecule has 0 aliphatic heterocycles. The van der Waals surface area contributed by atoms with Gasteiger partial charge in [-0.3, -0.25) is 9.59 Å². The molecule has 0 saturated carbocycles. The van der Waals surface area contributed by atoms with E-state index in [0.717, 1.165) is 25.0 Å². The Hall–Kier alpha value is -1.30. The number of aryl methyl sites for hydroxylation is 1. The minimum Gasteiger partial charge on any atom is -0.350 e. The maximum atomic E-state index is 12.2. The van der Waals surface area contributed by atoms with Crippen LogP contribution in [-0.2, 0) is 11.2 Å². The molecule has 0 aliphatic rings. The Balaban J connectivity index is 2.61. The van der Waals surface area contributed by atoms with Gasteiger partial charge < -0.3 is 10.3 Å². The molecule has 1 rings (SSSR count). The first-order valence-corrected chi connectivity index (χ1v) is 9.03. The lowest BCUT2D eigenvalue weighted by Crippen LogP contribution is -2.46. The largest absolute Gasteiger partial charge is 0.350 e. The molecule has 0 unspecified atom stereocenters. The van der Waals surface area contributed by atoms with Crippen LogP contribution in [0.25, 0.3) is 0 Å². The standard InChI is InChI=1S/C17H29N3O2S/c1-7-8-12-9-13(21)19-15(18-12)23-10-14(22)20-17(5,6)11-16(2,3)4/h9H,7-8,10-11H2,1-6H3,(H,20,22)(H,18,19,21). The van der Waals surface area contributed by atoms with Gasteiger partial charge in [0.1, 0.15) is 0 Å². The lowest BCUT2D eigenvalue weighted by Gasteiger charge is -2.33. The van der Waals surface area contributed by atoms with Gasteiger partial charge in [-0.05, 0) is 32.1 Å². The Bertz CT molecular complexity index is 588. The van der Waals surface area contributed by atoms with Crippen molar-refractivity contribution in [3.63, 3.8) is 0 Å². The fourth-order valence-corrected chi connectivity index (χ4v) is 3.55. The molecule has 0 spiro atoms. The molecule has 23 heavy (non-hydrogen) atoms. The Kier molecular flexibility index (Phi) is 6.86. The van der Waals surface area contributed by atoms with E-state index < -0.39 is 0 Å². The van der Waals surface area contributed by atoms with E-state index in [1.807, 2.05) is 20.8 Å². The molecule has 0 aromatic carbocycles. The summed E-state index contributed by atoms with van der Waals surface area (Å²) >= 11 is 1.26. The van der Waals surface area contributed by atoms with Crippen LogP contribution in [0.1, 0.15) is 60.1 Å². The van der Waals surface area contributed by atoms with E-state index in [1.54, 1.807) is 0 Å². The van der Waals surface area contributed by atoms with E-state index in [-0.39, 0.29) is 28.2 Å². The van der Waals surface area contributed by atoms with Crippen molar-refractivity contribution < 1.29 is 4.79 Å². The van der Waals surface area contributed by atoms with Crippen LogP contribution in [0, 0.1) is 5.41 Å². The molecule has 5 nitrogen and oxygen atoms in total. The zero-order valence-corrected chi connectivity index (χ0v) is 15.9. The average molecular weight is 340 g/mol. The van der Waals surface area contributed by atoms with Crippen LogP contribution >= 0.6 is 11.8 Å². The average Bonchev–Trinajstić information content (AvgIpc) is 2.32. The molecule has 0 radical (unpaired) electrons. The smallest absolute Gasteiger partial charge is 0.251 e. The summed E-state index contributed by atoms with van der Waals surface area (Å²) < 4.78 is 0. The first kappa shape index (κ1) is 19.7. The number of rotatable bonds is 7. The summed E-state index contributed by atoms with van der Waals surface area (Å²) in [6.45, 7) is 12.6. The third-order valence-corrected chi connectivity index (χ3v) is 3.94. The van der Waals surface area contributed by atoms with Crippen LogP contribution < -0.4 is 10.9 Å². The van der Waals surface area contributed by atoms with Crippen LogP contribution in [0.15, 0.2) is 16.0 Å². The normalized spacial score (nSPS) is 12.3. The highest BCUT2D eigenvalue weighted by atomic mass is 32.2. The van der Waals surface area contributed by atoms with Crippen molar-refractivity contribution in [1.29, 1.82) is 0 Å².